The van der Waals surface area contributed by atoms with Gasteiger partial charge in [0.1, 0.15) is 12.4 Å². The molecule has 0 bridgehead atoms. The number of rotatable bonds is 10. The second kappa shape index (κ2) is 11.0. The summed E-state index contributed by atoms with van der Waals surface area (Å²) in [6, 6.07) is 17.3. The highest BCUT2D eigenvalue weighted by Crippen LogP contribution is 2.41. The van der Waals surface area contributed by atoms with Crippen molar-refractivity contribution in [3.63, 3.8) is 0 Å². The summed E-state index contributed by atoms with van der Waals surface area (Å²) in [4.78, 5) is 0. The molecule has 2 atom stereocenters. The van der Waals surface area contributed by atoms with E-state index in [0.717, 1.165) is 31.4 Å². The van der Waals surface area contributed by atoms with Gasteiger partial charge in [0.05, 0.1) is 6.10 Å². The first-order valence-electron chi connectivity index (χ1n) is 12.0. The molecule has 1 N–H and O–H groups in total. The maximum absolute atomic E-state index is 10.2. The molecule has 0 saturated heterocycles. The van der Waals surface area contributed by atoms with E-state index in [0.29, 0.717) is 12.5 Å². The molecule has 2 nitrogen and oxygen atoms in total. The van der Waals surface area contributed by atoms with Crippen LogP contribution in [0.3, 0.4) is 0 Å². The van der Waals surface area contributed by atoms with Crippen molar-refractivity contribution in [2.75, 3.05) is 0 Å². The molecule has 0 aromatic heterocycles. The highest BCUT2D eigenvalue weighted by molar-refractivity contribution is 5.43. The van der Waals surface area contributed by atoms with E-state index in [1.807, 2.05) is 6.07 Å². The van der Waals surface area contributed by atoms with E-state index in [4.69, 9.17) is 4.74 Å². The second-order valence-electron chi connectivity index (χ2n) is 9.74. The van der Waals surface area contributed by atoms with Gasteiger partial charge in [0.2, 0.25) is 0 Å². The van der Waals surface area contributed by atoms with Crippen molar-refractivity contribution in [3.05, 3.63) is 65.2 Å². The van der Waals surface area contributed by atoms with Crippen LogP contribution in [0.2, 0.25) is 0 Å². The third kappa shape index (κ3) is 6.35. The Kier molecular flexibility index (Phi) is 8.39. The predicted molar refractivity (Wildman–Crippen MR) is 126 cm³/mol. The number of benzene rings is 2. The summed E-state index contributed by atoms with van der Waals surface area (Å²) in [7, 11) is 0. The third-order valence-electron chi connectivity index (χ3n) is 6.77. The van der Waals surface area contributed by atoms with Crippen molar-refractivity contribution in [1.82, 2.24) is 0 Å². The fourth-order valence-electron chi connectivity index (χ4n) is 4.74. The minimum Gasteiger partial charge on any atom is -0.489 e. The highest BCUT2D eigenvalue weighted by atomic mass is 16.5. The summed E-state index contributed by atoms with van der Waals surface area (Å²) in [6.45, 7) is 7.57. The molecule has 164 valence electrons. The number of hydrogen-bond donors (Lipinski definition) is 1. The Morgan fingerprint density at radius 2 is 1.80 bits per heavy atom. The first-order chi connectivity index (χ1) is 14.5. The minimum absolute atomic E-state index is 0.142. The van der Waals surface area contributed by atoms with Gasteiger partial charge in [-0.2, -0.15) is 0 Å². The van der Waals surface area contributed by atoms with E-state index >= 15 is 0 Å². The summed E-state index contributed by atoms with van der Waals surface area (Å²) in [5, 5.41) is 10.2. The van der Waals surface area contributed by atoms with Crippen LogP contribution in [0.1, 0.15) is 101 Å². The number of ether oxygens (including phenoxy) is 1. The van der Waals surface area contributed by atoms with Crippen LogP contribution in [0, 0.1) is 0 Å². The van der Waals surface area contributed by atoms with Crippen LogP contribution in [-0.4, -0.2) is 11.2 Å². The van der Waals surface area contributed by atoms with Crippen molar-refractivity contribution < 1.29 is 9.84 Å². The van der Waals surface area contributed by atoms with Crippen LogP contribution in [0.25, 0.3) is 0 Å². The largest absolute Gasteiger partial charge is 0.489 e. The molecule has 2 aromatic carbocycles. The first-order valence-corrected chi connectivity index (χ1v) is 12.0. The second-order valence-corrected chi connectivity index (χ2v) is 9.74. The SMILES string of the molecule is CCCCCCC(C)(C)c1ccc([C@@H]2CCC[C@@H](O)C2)c(OCc2ccccc2)c1. The Balaban J connectivity index is 1.81. The van der Waals surface area contributed by atoms with Crippen LogP contribution in [-0.2, 0) is 12.0 Å². The van der Waals surface area contributed by atoms with Crippen molar-refractivity contribution in [2.45, 2.75) is 103 Å². The van der Waals surface area contributed by atoms with E-state index in [9.17, 15) is 5.11 Å². The summed E-state index contributed by atoms with van der Waals surface area (Å²) in [6.07, 6.45) is 10.2. The Morgan fingerprint density at radius 1 is 1.00 bits per heavy atom. The zero-order chi connectivity index (χ0) is 21.4. The van der Waals surface area contributed by atoms with Crippen LogP contribution in [0.5, 0.6) is 5.75 Å². The lowest BCUT2D eigenvalue weighted by Gasteiger charge is -2.30. The smallest absolute Gasteiger partial charge is 0.123 e. The maximum Gasteiger partial charge on any atom is 0.123 e. The van der Waals surface area contributed by atoms with E-state index in [1.165, 1.54) is 48.8 Å². The molecule has 2 aromatic rings. The quantitative estimate of drug-likeness (QED) is 0.412. The van der Waals surface area contributed by atoms with Crippen molar-refractivity contribution in [1.29, 1.82) is 0 Å². The van der Waals surface area contributed by atoms with Gasteiger partial charge in [0, 0.05) is 0 Å². The van der Waals surface area contributed by atoms with Gasteiger partial charge in [-0.1, -0.05) is 95.3 Å². The van der Waals surface area contributed by atoms with E-state index < -0.39 is 0 Å². The summed E-state index contributed by atoms with van der Waals surface area (Å²) >= 11 is 0. The summed E-state index contributed by atoms with van der Waals surface area (Å²) < 4.78 is 6.41. The van der Waals surface area contributed by atoms with Gasteiger partial charge in [-0.05, 0) is 59.8 Å². The molecule has 0 aliphatic heterocycles. The van der Waals surface area contributed by atoms with Crippen LogP contribution < -0.4 is 4.74 Å². The molecule has 0 radical (unpaired) electrons. The van der Waals surface area contributed by atoms with Crippen molar-refractivity contribution >= 4 is 0 Å². The number of unbranched alkanes of at least 4 members (excludes halogenated alkanes) is 3. The van der Waals surface area contributed by atoms with Gasteiger partial charge in [-0.3, -0.25) is 0 Å². The number of aliphatic hydroxyl groups excluding tert-OH is 1. The van der Waals surface area contributed by atoms with Gasteiger partial charge >= 0.3 is 0 Å². The molecule has 0 heterocycles. The van der Waals surface area contributed by atoms with Crippen LogP contribution in [0.4, 0.5) is 0 Å². The van der Waals surface area contributed by atoms with Crippen LogP contribution >= 0.6 is 0 Å². The maximum atomic E-state index is 10.2. The van der Waals surface area contributed by atoms with Gasteiger partial charge in [-0.15, -0.1) is 0 Å². The van der Waals surface area contributed by atoms with Crippen molar-refractivity contribution in [2.24, 2.45) is 0 Å². The molecule has 1 aliphatic rings. The molecule has 0 spiro atoms. The fraction of sp³-hybridized carbons (Fsp3) is 0.571. The zero-order valence-corrected chi connectivity index (χ0v) is 19.2. The zero-order valence-electron chi connectivity index (χ0n) is 19.2. The Labute approximate surface area is 183 Å². The van der Waals surface area contributed by atoms with Gasteiger partial charge < -0.3 is 9.84 Å². The third-order valence-corrected chi connectivity index (χ3v) is 6.77. The molecule has 0 unspecified atom stereocenters. The van der Waals surface area contributed by atoms with E-state index in [2.05, 4.69) is 63.2 Å². The van der Waals surface area contributed by atoms with Gasteiger partial charge in [-0.25, -0.2) is 0 Å². The lowest BCUT2D eigenvalue weighted by atomic mass is 9.77. The Hall–Kier alpha value is -1.80. The molecule has 30 heavy (non-hydrogen) atoms. The number of hydrogen-bond acceptors (Lipinski definition) is 2. The minimum atomic E-state index is -0.180. The molecular formula is C28H40O2. The van der Waals surface area contributed by atoms with Crippen molar-refractivity contribution in [3.8, 4) is 5.75 Å². The Bertz CT molecular complexity index is 765. The summed E-state index contributed by atoms with van der Waals surface area (Å²) in [5.41, 5.74) is 3.97. The molecule has 1 saturated carbocycles. The Morgan fingerprint density at radius 3 is 2.53 bits per heavy atom. The highest BCUT2D eigenvalue weighted by Gasteiger charge is 2.27. The lowest BCUT2D eigenvalue weighted by Crippen LogP contribution is -2.20. The lowest BCUT2D eigenvalue weighted by molar-refractivity contribution is 0.118. The first kappa shape index (κ1) is 22.9. The molecule has 2 heteroatoms. The molecule has 1 aliphatic carbocycles. The average molecular weight is 409 g/mol. The van der Waals surface area contributed by atoms with E-state index in [1.54, 1.807) is 0 Å². The fourth-order valence-corrected chi connectivity index (χ4v) is 4.74. The normalized spacial score (nSPS) is 19.6. The molecular weight excluding hydrogens is 368 g/mol. The average Bonchev–Trinajstić information content (AvgIpc) is 2.76. The summed E-state index contributed by atoms with van der Waals surface area (Å²) in [5.74, 6) is 1.40. The van der Waals surface area contributed by atoms with Gasteiger partial charge in [0.25, 0.3) is 0 Å². The predicted octanol–water partition coefficient (Wildman–Crippen LogP) is 7.53. The van der Waals surface area contributed by atoms with E-state index in [-0.39, 0.29) is 11.5 Å². The molecule has 1 fully saturated rings. The van der Waals surface area contributed by atoms with Gasteiger partial charge in [0.15, 0.2) is 0 Å². The van der Waals surface area contributed by atoms with Crippen LogP contribution in [0.15, 0.2) is 48.5 Å². The topological polar surface area (TPSA) is 29.5 Å². The standard InChI is InChI=1S/C28H40O2/c1-4-5-6-10-18-28(2,3)24-16-17-26(23-14-11-15-25(29)19-23)27(20-24)30-21-22-12-8-7-9-13-22/h7-9,12-13,16-17,20,23,25,29H,4-6,10-11,14-15,18-19,21H2,1-3H3/t23-,25-/m1/s1. The molecule has 0 amide bonds. The monoisotopic (exact) mass is 408 g/mol. The molecule has 3 rings (SSSR count). The number of aliphatic hydroxyl groups is 1.